The summed E-state index contributed by atoms with van der Waals surface area (Å²) in [6.45, 7) is 1.28. The Morgan fingerprint density at radius 1 is 1.31 bits per heavy atom. The van der Waals surface area contributed by atoms with Crippen LogP contribution >= 0.6 is 11.6 Å². The van der Waals surface area contributed by atoms with Crippen molar-refractivity contribution in [3.63, 3.8) is 0 Å². The van der Waals surface area contributed by atoms with E-state index in [1.54, 1.807) is 23.1 Å². The van der Waals surface area contributed by atoms with Gasteiger partial charge in [0.15, 0.2) is 0 Å². The van der Waals surface area contributed by atoms with E-state index in [0.29, 0.717) is 61.7 Å². The molecule has 1 unspecified atom stereocenters. The molecular weight excluding hydrogens is 435 g/mol. The number of carbonyl (C=O) groups excluding carboxylic acids is 2. The summed E-state index contributed by atoms with van der Waals surface area (Å²) >= 11 is 6.11. The second-order valence-electron chi connectivity index (χ2n) is 8.38. The largest absolute Gasteiger partial charge is 0.497 e. The second kappa shape index (κ2) is 9.36. The number of rotatable bonds is 6. The van der Waals surface area contributed by atoms with Crippen molar-refractivity contribution in [2.75, 3.05) is 20.3 Å². The van der Waals surface area contributed by atoms with Crippen LogP contribution in [0, 0.1) is 5.82 Å². The van der Waals surface area contributed by atoms with Gasteiger partial charge in [-0.3, -0.25) is 9.59 Å². The molecule has 2 aliphatic heterocycles. The van der Waals surface area contributed by atoms with Gasteiger partial charge in [0.1, 0.15) is 23.9 Å². The Labute approximate surface area is 191 Å². The molecule has 2 aromatic rings. The quantitative estimate of drug-likeness (QED) is 0.710. The molecule has 1 atom stereocenters. The van der Waals surface area contributed by atoms with Crippen LogP contribution in [0.3, 0.4) is 0 Å². The van der Waals surface area contributed by atoms with Gasteiger partial charge >= 0.3 is 0 Å². The molecule has 1 fully saturated rings. The van der Waals surface area contributed by atoms with Crippen molar-refractivity contribution < 1.29 is 23.5 Å². The monoisotopic (exact) mass is 460 g/mol. The highest BCUT2D eigenvalue weighted by atomic mass is 35.5. The van der Waals surface area contributed by atoms with Gasteiger partial charge in [0.2, 0.25) is 11.8 Å². The fraction of sp³-hybridized carbons (Fsp3) is 0.417. The lowest BCUT2D eigenvalue weighted by atomic mass is 9.84. The maximum atomic E-state index is 14.5. The van der Waals surface area contributed by atoms with E-state index >= 15 is 0 Å². The van der Waals surface area contributed by atoms with E-state index in [2.05, 4.69) is 5.32 Å². The lowest BCUT2D eigenvalue weighted by molar-refractivity contribution is -0.132. The first-order valence-corrected chi connectivity index (χ1v) is 11.1. The molecule has 4 rings (SSSR count). The predicted molar refractivity (Wildman–Crippen MR) is 118 cm³/mol. The zero-order valence-corrected chi connectivity index (χ0v) is 18.7. The maximum absolute atomic E-state index is 14.5. The second-order valence-corrected chi connectivity index (χ2v) is 8.81. The average molecular weight is 461 g/mol. The van der Waals surface area contributed by atoms with Gasteiger partial charge in [-0.2, -0.15) is 0 Å². The summed E-state index contributed by atoms with van der Waals surface area (Å²) < 4.78 is 25.4. The SMILES string of the molecule is COc1ccc(F)c(CC2(CCC(=O)N3CCOc4ccc(Cl)cc4C3)CCC(=O)N2)c1. The molecule has 32 heavy (non-hydrogen) atoms. The standard InChI is InChI=1S/C24H26ClFN2O4/c1-31-19-3-4-20(26)16(13-19)14-24(8-6-22(29)27-24)9-7-23(30)28-10-11-32-21-5-2-18(25)12-17(21)15-28/h2-5,12-13H,6-11,14-15H2,1H3,(H,27,29). The smallest absolute Gasteiger partial charge is 0.223 e. The molecule has 2 aromatic carbocycles. The highest BCUT2D eigenvalue weighted by Crippen LogP contribution is 2.32. The summed E-state index contributed by atoms with van der Waals surface area (Å²) in [6.07, 6.45) is 1.88. The van der Waals surface area contributed by atoms with Gasteiger partial charge < -0.3 is 19.7 Å². The van der Waals surface area contributed by atoms with E-state index in [1.165, 1.54) is 13.2 Å². The van der Waals surface area contributed by atoms with Crippen molar-refractivity contribution in [1.29, 1.82) is 0 Å². The number of fused-ring (bicyclic) bond motifs is 1. The van der Waals surface area contributed by atoms with Gasteiger partial charge in [-0.1, -0.05) is 11.6 Å². The summed E-state index contributed by atoms with van der Waals surface area (Å²) in [7, 11) is 1.53. The molecule has 2 amide bonds. The fourth-order valence-corrected chi connectivity index (χ4v) is 4.63. The lowest BCUT2D eigenvalue weighted by Gasteiger charge is -2.30. The molecular formula is C24H26ClFN2O4. The van der Waals surface area contributed by atoms with Gasteiger partial charge in [-0.25, -0.2) is 4.39 Å². The molecule has 1 saturated heterocycles. The van der Waals surface area contributed by atoms with Crippen LogP contribution in [0.4, 0.5) is 4.39 Å². The van der Waals surface area contributed by atoms with Crippen LogP contribution < -0.4 is 14.8 Å². The summed E-state index contributed by atoms with van der Waals surface area (Å²) in [6, 6.07) is 9.97. The Hall–Kier alpha value is -2.80. The van der Waals surface area contributed by atoms with E-state index in [0.717, 1.165) is 11.3 Å². The molecule has 170 valence electrons. The number of hydrogen-bond donors (Lipinski definition) is 1. The zero-order valence-electron chi connectivity index (χ0n) is 18.0. The predicted octanol–water partition coefficient (Wildman–Crippen LogP) is 3.88. The molecule has 0 radical (unpaired) electrons. The molecule has 2 aliphatic rings. The van der Waals surface area contributed by atoms with E-state index in [9.17, 15) is 14.0 Å². The van der Waals surface area contributed by atoms with Crippen LogP contribution in [-0.2, 0) is 22.6 Å². The van der Waals surface area contributed by atoms with Gasteiger partial charge in [-0.15, -0.1) is 0 Å². The number of carbonyl (C=O) groups is 2. The molecule has 0 spiro atoms. The minimum atomic E-state index is -0.663. The fourth-order valence-electron chi connectivity index (χ4n) is 4.44. The molecule has 0 bridgehead atoms. The Bertz CT molecular complexity index is 1030. The van der Waals surface area contributed by atoms with E-state index in [1.807, 2.05) is 12.1 Å². The third kappa shape index (κ3) is 4.99. The minimum Gasteiger partial charge on any atom is -0.497 e. The van der Waals surface area contributed by atoms with E-state index in [-0.39, 0.29) is 24.1 Å². The Kier molecular flexibility index (Phi) is 6.55. The third-order valence-electron chi connectivity index (χ3n) is 6.19. The third-order valence-corrected chi connectivity index (χ3v) is 6.42. The number of nitrogens with one attached hydrogen (secondary N) is 1. The molecule has 0 aromatic heterocycles. The first-order valence-electron chi connectivity index (χ1n) is 10.7. The van der Waals surface area contributed by atoms with Crippen molar-refractivity contribution >= 4 is 23.4 Å². The Balaban J connectivity index is 1.47. The van der Waals surface area contributed by atoms with Crippen molar-refractivity contribution in [2.24, 2.45) is 0 Å². The van der Waals surface area contributed by atoms with Crippen LogP contribution in [0.25, 0.3) is 0 Å². The molecule has 8 heteroatoms. The van der Waals surface area contributed by atoms with Crippen molar-refractivity contribution in [3.8, 4) is 11.5 Å². The van der Waals surface area contributed by atoms with E-state index < -0.39 is 5.54 Å². The number of methoxy groups -OCH3 is 1. The molecule has 6 nitrogen and oxygen atoms in total. The Morgan fingerprint density at radius 2 is 2.16 bits per heavy atom. The molecule has 1 N–H and O–H groups in total. The lowest BCUT2D eigenvalue weighted by Crippen LogP contribution is -2.45. The zero-order chi connectivity index (χ0) is 22.7. The highest BCUT2D eigenvalue weighted by molar-refractivity contribution is 6.30. The highest BCUT2D eigenvalue weighted by Gasteiger charge is 2.39. The normalized spacial score (nSPS) is 20.2. The average Bonchev–Trinajstić information content (AvgIpc) is 3.01. The number of hydrogen-bond acceptors (Lipinski definition) is 4. The summed E-state index contributed by atoms with van der Waals surface area (Å²) in [5.41, 5.74) is 0.667. The van der Waals surface area contributed by atoms with Gasteiger partial charge in [-0.05, 0) is 61.2 Å². The maximum Gasteiger partial charge on any atom is 0.223 e. The number of nitrogens with zero attached hydrogens (tertiary/aromatic N) is 1. The van der Waals surface area contributed by atoms with Crippen LogP contribution in [-0.4, -0.2) is 42.5 Å². The van der Waals surface area contributed by atoms with Gasteiger partial charge in [0.25, 0.3) is 0 Å². The number of halogens is 2. The molecule has 0 aliphatic carbocycles. The van der Waals surface area contributed by atoms with Crippen molar-refractivity contribution in [1.82, 2.24) is 10.2 Å². The number of ether oxygens (including phenoxy) is 2. The van der Waals surface area contributed by atoms with Crippen molar-refractivity contribution in [2.45, 2.75) is 44.2 Å². The first kappa shape index (κ1) is 22.4. The van der Waals surface area contributed by atoms with Crippen LogP contribution in [0.5, 0.6) is 11.5 Å². The first-order chi connectivity index (χ1) is 15.4. The molecule has 0 saturated carbocycles. The van der Waals surface area contributed by atoms with Gasteiger partial charge in [0, 0.05) is 35.5 Å². The number of benzene rings is 2. The minimum absolute atomic E-state index is 0.0342. The van der Waals surface area contributed by atoms with Crippen LogP contribution in [0.1, 0.15) is 36.8 Å². The van der Waals surface area contributed by atoms with E-state index in [4.69, 9.17) is 21.1 Å². The number of amides is 2. The van der Waals surface area contributed by atoms with Crippen molar-refractivity contribution in [3.05, 3.63) is 58.4 Å². The van der Waals surface area contributed by atoms with Crippen LogP contribution in [0.15, 0.2) is 36.4 Å². The Morgan fingerprint density at radius 3 is 2.91 bits per heavy atom. The summed E-state index contributed by atoms with van der Waals surface area (Å²) in [5, 5.41) is 3.61. The summed E-state index contributed by atoms with van der Waals surface area (Å²) in [4.78, 5) is 26.9. The van der Waals surface area contributed by atoms with Gasteiger partial charge in [0.05, 0.1) is 13.7 Å². The summed E-state index contributed by atoms with van der Waals surface area (Å²) in [5.74, 6) is 0.827. The van der Waals surface area contributed by atoms with Crippen LogP contribution in [0.2, 0.25) is 5.02 Å². The topological polar surface area (TPSA) is 67.9 Å². The molecule has 2 heterocycles.